The largest absolute Gasteiger partial charge is 0.481 e. The molecule has 0 radical (unpaired) electrons. The molecule has 4 heterocycles. The molecule has 1 aliphatic rings. The molecule has 0 bridgehead atoms. The first kappa shape index (κ1) is 25.1. The molecule has 0 spiro atoms. The average molecular weight is 523 g/mol. The average Bonchev–Trinajstić information content (AvgIpc) is 3.45. The fourth-order valence-electron chi connectivity index (χ4n) is 4.65. The van der Waals surface area contributed by atoms with E-state index in [0.717, 1.165) is 5.52 Å². The Morgan fingerprint density at radius 3 is 2.61 bits per heavy atom. The predicted octanol–water partition coefficient (Wildman–Crippen LogP) is 2.75. The SMILES string of the molecule is COc1cc(C2C(NC(=O)C(C)(F)F)CC(=O)N2c2ccc3c(cnn3-c3ccc(=O)n(C)c3)c2)ccn1. The van der Waals surface area contributed by atoms with Gasteiger partial charge in [0.2, 0.25) is 17.3 Å². The first-order chi connectivity index (χ1) is 18.1. The van der Waals surface area contributed by atoms with Crippen LogP contribution in [0, 0.1) is 0 Å². The topological polar surface area (TPSA) is 111 Å². The number of ether oxygens (including phenoxy) is 1. The highest BCUT2D eigenvalue weighted by Gasteiger charge is 2.45. The number of benzene rings is 1. The van der Waals surface area contributed by atoms with Gasteiger partial charge in [0.1, 0.15) is 0 Å². The van der Waals surface area contributed by atoms with Crippen molar-refractivity contribution in [3.8, 4) is 11.6 Å². The molecule has 1 fully saturated rings. The van der Waals surface area contributed by atoms with Crippen molar-refractivity contribution in [2.24, 2.45) is 7.05 Å². The Kier molecular flexibility index (Phi) is 6.17. The van der Waals surface area contributed by atoms with Gasteiger partial charge in [-0.3, -0.25) is 14.4 Å². The van der Waals surface area contributed by atoms with E-state index in [2.05, 4.69) is 15.4 Å². The minimum Gasteiger partial charge on any atom is -0.481 e. The molecule has 4 aromatic rings. The minimum absolute atomic E-state index is 0.152. The Balaban J connectivity index is 1.57. The van der Waals surface area contributed by atoms with Crippen molar-refractivity contribution >= 4 is 28.4 Å². The second kappa shape index (κ2) is 9.36. The number of aromatic nitrogens is 4. The molecular weight excluding hydrogens is 498 g/mol. The van der Waals surface area contributed by atoms with E-state index >= 15 is 0 Å². The summed E-state index contributed by atoms with van der Waals surface area (Å²) in [7, 11) is 3.09. The first-order valence-electron chi connectivity index (χ1n) is 11.7. The normalized spacial score (nSPS) is 17.7. The van der Waals surface area contributed by atoms with Crippen molar-refractivity contribution in [1.82, 2.24) is 24.6 Å². The highest BCUT2D eigenvalue weighted by molar-refractivity contribution is 6.00. The number of aryl methyl sites for hydroxylation is 1. The van der Waals surface area contributed by atoms with Crippen LogP contribution in [0.5, 0.6) is 5.88 Å². The number of amides is 2. The number of fused-ring (bicyclic) bond motifs is 1. The zero-order valence-corrected chi connectivity index (χ0v) is 20.8. The number of anilines is 1. The highest BCUT2D eigenvalue weighted by atomic mass is 19.3. The summed E-state index contributed by atoms with van der Waals surface area (Å²) in [5.74, 6) is -5.13. The molecule has 38 heavy (non-hydrogen) atoms. The fourth-order valence-corrected chi connectivity index (χ4v) is 4.65. The lowest BCUT2D eigenvalue weighted by Gasteiger charge is -2.29. The Hall–Kier alpha value is -4.61. The second-order valence-corrected chi connectivity index (χ2v) is 9.15. The summed E-state index contributed by atoms with van der Waals surface area (Å²) in [5.41, 5.74) is 2.33. The van der Waals surface area contributed by atoms with Crippen LogP contribution in [0.3, 0.4) is 0 Å². The van der Waals surface area contributed by atoms with E-state index in [-0.39, 0.29) is 23.8 Å². The molecule has 196 valence electrons. The maximum Gasteiger partial charge on any atom is 0.321 e. The van der Waals surface area contributed by atoms with Crippen LogP contribution in [0.2, 0.25) is 0 Å². The molecular formula is C26H24F2N6O4. The molecule has 2 atom stereocenters. The number of methoxy groups -OCH3 is 1. The van der Waals surface area contributed by atoms with Crippen molar-refractivity contribution in [3.05, 3.63) is 77.0 Å². The van der Waals surface area contributed by atoms with Crippen molar-refractivity contribution in [2.45, 2.75) is 31.4 Å². The number of alkyl halides is 2. The van der Waals surface area contributed by atoms with Crippen LogP contribution in [0.15, 0.2) is 65.8 Å². The fraction of sp³-hybridized carbons (Fsp3) is 0.269. The zero-order chi connectivity index (χ0) is 27.2. The molecule has 0 aliphatic carbocycles. The first-order valence-corrected chi connectivity index (χ1v) is 11.7. The third-order valence-electron chi connectivity index (χ3n) is 6.49. The van der Waals surface area contributed by atoms with Gasteiger partial charge >= 0.3 is 5.92 Å². The van der Waals surface area contributed by atoms with Crippen LogP contribution >= 0.6 is 0 Å². The standard InChI is InChI=1S/C26H24F2N6O4/c1-26(27,28)25(37)31-19-12-23(36)33(24(19)15-8-9-29-21(11-15)38-3)17-4-6-20-16(10-17)13-30-34(20)18-5-7-22(35)32(2)14-18/h4-11,13-14,19,24H,12H2,1-3H3,(H,31,37). The molecule has 1 saturated heterocycles. The maximum atomic E-state index is 13.7. The third kappa shape index (κ3) is 4.49. The lowest BCUT2D eigenvalue weighted by molar-refractivity contribution is -0.143. The summed E-state index contributed by atoms with van der Waals surface area (Å²) in [4.78, 5) is 42.8. The minimum atomic E-state index is -3.61. The second-order valence-electron chi connectivity index (χ2n) is 9.15. The Bertz CT molecular complexity index is 1610. The summed E-state index contributed by atoms with van der Waals surface area (Å²) in [6.07, 6.45) is 4.61. The van der Waals surface area contributed by atoms with E-state index in [1.165, 1.54) is 28.8 Å². The number of carbonyl (C=O) groups excluding carboxylic acids is 2. The number of rotatable bonds is 6. The van der Waals surface area contributed by atoms with Gasteiger partial charge in [0, 0.05) is 56.0 Å². The van der Waals surface area contributed by atoms with Crippen LogP contribution in [-0.2, 0) is 16.6 Å². The molecule has 1 aliphatic heterocycles. The van der Waals surface area contributed by atoms with Crippen molar-refractivity contribution in [3.63, 3.8) is 0 Å². The highest BCUT2D eigenvalue weighted by Crippen LogP contribution is 2.39. The lowest BCUT2D eigenvalue weighted by atomic mass is 10.00. The molecule has 0 saturated carbocycles. The number of pyridine rings is 2. The van der Waals surface area contributed by atoms with Gasteiger partial charge < -0.3 is 19.5 Å². The number of hydrogen-bond donors (Lipinski definition) is 1. The van der Waals surface area contributed by atoms with Gasteiger partial charge in [-0.1, -0.05) is 0 Å². The van der Waals surface area contributed by atoms with Gasteiger partial charge in [-0.15, -0.1) is 0 Å². The van der Waals surface area contributed by atoms with Crippen LogP contribution in [-0.4, -0.2) is 50.2 Å². The van der Waals surface area contributed by atoms with Gasteiger partial charge in [0.25, 0.3) is 5.91 Å². The third-order valence-corrected chi connectivity index (χ3v) is 6.49. The predicted molar refractivity (Wildman–Crippen MR) is 134 cm³/mol. The van der Waals surface area contributed by atoms with Gasteiger partial charge in [0.05, 0.1) is 36.6 Å². The van der Waals surface area contributed by atoms with Crippen molar-refractivity contribution in [1.29, 1.82) is 0 Å². The van der Waals surface area contributed by atoms with Crippen LogP contribution in [0.25, 0.3) is 16.6 Å². The summed E-state index contributed by atoms with van der Waals surface area (Å²) >= 11 is 0. The van der Waals surface area contributed by atoms with Crippen LogP contribution in [0.4, 0.5) is 14.5 Å². The molecule has 2 unspecified atom stereocenters. The van der Waals surface area contributed by atoms with Gasteiger partial charge in [-0.2, -0.15) is 13.9 Å². The summed E-state index contributed by atoms with van der Waals surface area (Å²) in [6.45, 7) is 0.511. The van der Waals surface area contributed by atoms with Crippen LogP contribution in [0.1, 0.15) is 24.9 Å². The number of carbonyl (C=O) groups is 2. The Labute approximate surface area is 215 Å². The number of nitrogens with zero attached hydrogens (tertiary/aromatic N) is 5. The van der Waals surface area contributed by atoms with E-state index in [1.807, 2.05) is 0 Å². The Morgan fingerprint density at radius 2 is 1.89 bits per heavy atom. The Morgan fingerprint density at radius 1 is 1.13 bits per heavy atom. The van der Waals surface area contributed by atoms with E-state index in [4.69, 9.17) is 4.74 Å². The summed E-state index contributed by atoms with van der Waals surface area (Å²) in [5, 5.41) is 7.50. The van der Waals surface area contributed by atoms with Crippen molar-refractivity contribution < 1.29 is 23.1 Å². The van der Waals surface area contributed by atoms with Crippen LogP contribution < -0.4 is 20.5 Å². The van der Waals surface area contributed by atoms with E-state index < -0.39 is 23.9 Å². The number of hydrogen-bond acceptors (Lipinski definition) is 6. The summed E-state index contributed by atoms with van der Waals surface area (Å²) < 4.78 is 35.8. The monoisotopic (exact) mass is 522 g/mol. The quantitative estimate of drug-likeness (QED) is 0.417. The van der Waals surface area contributed by atoms with Crippen molar-refractivity contribution in [2.75, 3.05) is 12.0 Å². The van der Waals surface area contributed by atoms with E-state index in [1.54, 1.807) is 60.5 Å². The maximum absolute atomic E-state index is 13.7. The lowest BCUT2D eigenvalue weighted by Crippen LogP contribution is -2.46. The summed E-state index contributed by atoms with van der Waals surface area (Å²) in [6, 6.07) is 9.94. The molecule has 3 aromatic heterocycles. The molecule has 10 nitrogen and oxygen atoms in total. The molecule has 1 aromatic carbocycles. The molecule has 5 rings (SSSR count). The molecule has 2 amide bonds. The smallest absolute Gasteiger partial charge is 0.321 e. The van der Waals surface area contributed by atoms with Gasteiger partial charge in [-0.25, -0.2) is 9.67 Å². The zero-order valence-electron chi connectivity index (χ0n) is 20.8. The molecule has 1 N–H and O–H groups in total. The number of nitrogens with one attached hydrogen (secondary N) is 1. The number of halogens is 2. The van der Waals surface area contributed by atoms with Gasteiger partial charge in [-0.05, 0) is 35.9 Å². The van der Waals surface area contributed by atoms with E-state index in [0.29, 0.717) is 29.2 Å². The van der Waals surface area contributed by atoms with Gasteiger partial charge in [0.15, 0.2) is 0 Å². The molecule has 12 heteroatoms. The van der Waals surface area contributed by atoms with E-state index in [9.17, 15) is 23.2 Å².